The molecule has 3 atom stereocenters. The standard InChI is InChI=1S/C17H32N2O2/c1-16(2,3)12-9-14(19(10-12)17(4,5)6)15(20)18-13-7-8-21-11-13/h12-14H,7-11H2,1-6H3,(H,18,20)/t12?,13-,14-/m0/s1. The molecule has 4 heteroatoms. The van der Waals surface area contributed by atoms with Crippen LogP contribution in [0.3, 0.4) is 0 Å². The van der Waals surface area contributed by atoms with Gasteiger partial charge in [-0.15, -0.1) is 0 Å². The lowest BCUT2D eigenvalue weighted by Crippen LogP contribution is -2.53. The molecule has 0 aliphatic carbocycles. The third kappa shape index (κ3) is 3.98. The third-order valence-electron chi connectivity index (χ3n) is 4.97. The molecule has 1 amide bonds. The molecule has 4 nitrogen and oxygen atoms in total. The molecule has 0 aromatic rings. The van der Waals surface area contributed by atoms with E-state index in [9.17, 15) is 4.79 Å². The van der Waals surface area contributed by atoms with Crippen molar-refractivity contribution in [2.45, 2.75) is 72.0 Å². The molecule has 2 saturated heterocycles. The van der Waals surface area contributed by atoms with Crippen molar-refractivity contribution in [2.75, 3.05) is 19.8 Å². The topological polar surface area (TPSA) is 41.6 Å². The van der Waals surface area contributed by atoms with Gasteiger partial charge in [0, 0.05) is 18.7 Å². The van der Waals surface area contributed by atoms with Gasteiger partial charge in [-0.05, 0) is 44.9 Å². The highest BCUT2D eigenvalue weighted by molar-refractivity contribution is 5.82. The predicted molar refractivity (Wildman–Crippen MR) is 85.2 cm³/mol. The number of carbonyl (C=O) groups excluding carboxylic acids is 1. The number of rotatable bonds is 2. The van der Waals surface area contributed by atoms with Crippen LogP contribution < -0.4 is 5.32 Å². The first kappa shape index (κ1) is 16.8. The Hall–Kier alpha value is -0.610. The van der Waals surface area contributed by atoms with Gasteiger partial charge in [0.15, 0.2) is 0 Å². The normalized spacial score (nSPS) is 31.6. The largest absolute Gasteiger partial charge is 0.379 e. The van der Waals surface area contributed by atoms with E-state index in [0.717, 1.165) is 26.0 Å². The molecule has 2 aliphatic heterocycles. The summed E-state index contributed by atoms with van der Waals surface area (Å²) >= 11 is 0. The second-order valence-electron chi connectivity index (χ2n) is 8.71. The monoisotopic (exact) mass is 296 g/mol. The molecule has 0 aromatic carbocycles. The fourth-order valence-corrected chi connectivity index (χ4v) is 3.40. The Bertz CT molecular complexity index is 375. The van der Waals surface area contributed by atoms with Crippen molar-refractivity contribution >= 4 is 5.91 Å². The Balaban J connectivity index is 2.08. The first-order valence-corrected chi connectivity index (χ1v) is 8.24. The molecule has 2 heterocycles. The second kappa shape index (κ2) is 5.88. The Morgan fingerprint density at radius 1 is 1.19 bits per heavy atom. The summed E-state index contributed by atoms with van der Waals surface area (Å²) in [6, 6.07) is 0.197. The number of nitrogens with one attached hydrogen (secondary N) is 1. The molecule has 1 N–H and O–H groups in total. The van der Waals surface area contributed by atoms with Crippen molar-refractivity contribution in [1.82, 2.24) is 10.2 Å². The molecule has 0 radical (unpaired) electrons. The smallest absolute Gasteiger partial charge is 0.237 e. The van der Waals surface area contributed by atoms with Crippen LogP contribution in [0.5, 0.6) is 0 Å². The molecule has 2 fully saturated rings. The van der Waals surface area contributed by atoms with E-state index in [1.165, 1.54) is 0 Å². The van der Waals surface area contributed by atoms with Crippen molar-refractivity contribution in [3.8, 4) is 0 Å². The molecule has 0 saturated carbocycles. The SMILES string of the molecule is CC(C)(C)C1C[C@@H](C(=O)N[C@H]2CCOC2)N(C(C)(C)C)C1. The van der Waals surface area contributed by atoms with Crippen LogP contribution in [0.4, 0.5) is 0 Å². The zero-order valence-electron chi connectivity index (χ0n) is 14.5. The second-order valence-corrected chi connectivity index (χ2v) is 8.71. The van der Waals surface area contributed by atoms with Crippen LogP contribution in [0, 0.1) is 11.3 Å². The molecule has 0 aromatic heterocycles. The van der Waals surface area contributed by atoms with E-state index < -0.39 is 0 Å². The van der Waals surface area contributed by atoms with E-state index in [2.05, 4.69) is 51.8 Å². The highest BCUT2D eigenvalue weighted by atomic mass is 16.5. The van der Waals surface area contributed by atoms with Crippen molar-refractivity contribution < 1.29 is 9.53 Å². The summed E-state index contributed by atoms with van der Waals surface area (Å²) in [5.41, 5.74) is 0.267. The fraction of sp³-hybridized carbons (Fsp3) is 0.941. The molecular weight excluding hydrogens is 264 g/mol. The molecule has 2 aliphatic rings. The number of amides is 1. The maximum Gasteiger partial charge on any atom is 0.237 e. The lowest BCUT2D eigenvalue weighted by molar-refractivity contribution is -0.127. The molecule has 1 unspecified atom stereocenters. The minimum Gasteiger partial charge on any atom is -0.379 e. The molecule has 21 heavy (non-hydrogen) atoms. The van der Waals surface area contributed by atoms with Crippen LogP contribution in [-0.2, 0) is 9.53 Å². The zero-order chi connectivity index (χ0) is 15.8. The van der Waals surface area contributed by atoms with Gasteiger partial charge < -0.3 is 10.1 Å². The molecular formula is C17H32N2O2. The van der Waals surface area contributed by atoms with Crippen molar-refractivity contribution in [2.24, 2.45) is 11.3 Å². The molecule has 0 spiro atoms. The highest BCUT2D eigenvalue weighted by Gasteiger charge is 2.45. The van der Waals surface area contributed by atoms with Crippen molar-refractivity contribution in [3.63, 3.8) is 0 Å². The van der Waals surface area contributed by atoms with Gasteiger partial charge in [0.2, 0.25) is 5.91 Å². The van der Waals surface area contributed by atoms with Gasteiger partial charge in [-0.3, -0.25) is 9.69 Å². The van der Waals surface area contributed by atoms with Gasteiger partial charge in [0.1, 0.15) is 0 Å². The van der Waals surface area contributed by atoms with Gasteiger partial charge in [0.05, 0.1) is 18.7 Å². The quantitative estimate of drug-likeness (QED) is 0.851. The van der Waals surface area contributed by atoms with Crippen molar-refractivity contribution in [1.29, 1.82) is 0 Å². The average Bonchev–Trinajstić information content (AvgIpc) is 2.94. The van der Waals surface area contributed by atoms with Gasteiger partial charge in [-0.2, -0.15) is 0 Å². The number of nitrogens with zero attached hydrogens (tertiary/aromatic N) is 1. The average molecular weight is 296 g/mol. The summed E-state index contributed by atoms with van der Waals surface area (Å²) in [7, 11) is 0. The van der Waals surface area contributed by atoms with Crippen LogP contribution in [-0.4, -0.2) is 48.2 Å². The van der Waals surface area contributed by atoms with Crippen LogP contribution in [0.15, 0.2) is 0 Å². The van der Waals surface area contributed by atoms with Crippen molar-refractivity contribution in [3.05, 3.63) is 0 Å². The molecule has 122 valence electrons. The lowest BCUT2D eigenvalue weighted by atomic mass is 9.79. The minimum absolute atomic E-state index is 0.00479. The predicted octanol–water partition coefficient (Wildman–Crippen LogP) is 2.43. The van der Waals surface area contributed by atoms with E-state index >= 15 is 0 Å². The Morgan fingerprint density at radius 3 is 2.33 bits per heavy atom. The van der Waals surface area contributed by atoms with Gasteiger partial charge >= 0.3 is 0 Å². The maximum atomic E-state index is 12.7. The number of likely N-dealkylation sites (tertiary alicyclic amines) is 1. The van der Waals surface area contributed by atoms with E-state index in [4.69, 9.17) is 4.74 Å². The first-order chi connectivity index (χ1) is 9.59. The number of hydrogen-bond donors (Lipinski definition) is 1. The maximum absolute atomic E-state index is 12.7. The van der Waals surface area contributed by atoms with Crippen LogP contribution in [0.2, 0.25) is 0 Å². The first-order valence-electron chi connectivity index (χ1n) is 8.24. The van der Waals surface area contributed by atoms with Gasteiger partial charge in [-0.25, -0.2) is 0 Å². The minimum atomic E-state index is -0.00479. The summed E-state index contributed by atoms with van der Waals surface area (Å²) < 4.78 is 5.36. The van der Waals surface area contributed by atoms with E-state index in [0.29, 0.717) is 12.5 Å². The molecule has 0 bridgehead atoms. The molecule has 2 rings (SSSR count). The summed E-state index contributed by atoms with van der Waals surface area (Å²) in [6.45, 7) is 15.9. The summed E-state index contributed by atoms with van der Waals surface area (Å²) in [5.74, 6) is 0.750. The Morgan fingerprint density at radius 2 is 1.86 bits per heavy atom. The lowest BCUT2D eigenvalue weighted by Gasteiger charge is -2.37. The Labute approximate surface area is 129 Å². The highest BCUT2D eigenvalue weighted by Crippen LogP contribution is 2.39. The van der Waals surface area contributed by atoms with Crippen LogP contribution >= 0.6 is 0 Å². The van der Waals surface area contributed by atoms with E-state index in [1.807, 2.05) is 0 Å². The number of hydrogen-bond acceptors (Lipinski definition) is 3. The number of carbonyl (C=O) groups is 1. The van der Waals surface area contributed by atoms with E-state index in [1.54, 1.807) is 0 Å². The summed E-state index contributed by atoms with van der Waals surface area (Å²) in [5, 5.41) is 3.19. The Kier molecular flexibility index (Phi) is 4.69. The van der Waals surface area contributed by atoms with Crippen LogP contribution in [0.1, 0.15) is 54.4 Å². The van der Waals surface area contributed by atoms with Crippen LogP contribution in [0.25, 0.3) is 0 Å². The van der Waals surface area contributed by atoms with E-state index in [-0.39, 0.29) is 28.9 Å². The zero-order valence-corrected chi connectivity index (χ0v) is 14.5. The fourth-order valence-electron chi connectivity index (χ4n) is 3.40. The third-order valence-corrected chi connectivity index (χ3v) is 4.97. The number of ether oxygens (including phenoxy) is 1. The summed E-state index contributed by atoms with van der Waals surface area (Å²) in [4.78, 5) is 15.1. The summed E-state index contributed by atoms with van der Waals surface area (Å²) in [6.07, 6.45) is 1.90. The van der Waals surface area contributed by atoms with Gasteiger partial charge in [0.25, 0.3) is 0 Å². The van der Waals surface area contributed by atoms with Gasteiger partial charge in [-0.1, -0.05) is 20.8 Å².